The van der Waals surface area contributed by atoms with E-state index in [1.165, 1.54) is 25.7 Å². The molecule has 3 nitrogen and oxygen atoms in total. The summed E-state index contributed by atoms with van der Waals surface area (Å²) in [6.07, 6.45) is 7.98. The molecule has 1 aromatic heterocycles. The molecule has 1 saturated carbocycles. The van der Waals surface area contributed by atoms with Crippen LogP contribution in [-0.2, 0) is 0 Å². The van der Waals surface area contributed by atoms with E-state index in [-0.39, 0.29) is 5.54 Å². The molecule has 0 saturated heterocycles. The average Bonchev–Trinajstić information content (AvgIpc) is 2.63. The van der Waals surface area contributed by atoms with Crippen molar-refractivity contribution < 1.29 is 9.52 Å². The van der Waals surface area contributed by atoms with E-state index in [9.17, 15) is 5.11 Å². The molecule has 0 aromatic carbocycles. The maximum absolute atomic E-state index is 10.8. The maximum Gasteiger partial charge on any atom is 0.148 e. The Kier molecular flexibility index (Phi) is 4.51. The lowest BCUT2D eigenvalue weighted by Gasteiger charge is -2.42. The van der Waals surface area contributed by atoms with Crippen LogP contribution in [0.15, 0.2) is 21.2 Å². The molecule has 1 aliphatic rings. The summed E-state index contributed by atoms with van der Waals surface area (Å²) in [5, 5.41) is 10.8. The summed E-state index contributed by atoms with van der Waals surface area (Å²) in [4.78, 5) is 2.18. The quantitative estimate of drug-likeness (QED) is 0.863. The van der Waals surface area contributed by atoms with Crippen LogP contribution in [0.25, 0.3) is 0 Å². The highest BCUT2D eigenvalue weighted by atomic mass is 79.9. The van der Waals surface area contributed by atoms with Gasteiger partial charge in [0.2, 0.25) is 0 Å². The second-order valence-electron chi connectivity index (χ2n) is 5.45. The fourth-order valence-corrected chi connectivity index (χ4v) is 3.47. The summed E-state index contributed by atoms with van der Waals surface area (Å²) in [7, 11) is 4.12. The molecule has 1 heterocycles. The van der Waals surface area contributed by atoms with Crippen LogP contribution in [0, 0.1) is 0 Å². The molecule has 1 N–H and O–H groups in total. The van der Waals surface area contributed by atoms with Gasteiger partial charge in [-0.05, 0) is 48.9 Å². The molecule has 1 fully saturated rings. The molecule has 1 unspecified atom stereocenters. The van der Waals surface area contributed by atoms with E-state index in [0.29, 0.717) is 5.76 Å². The van der Waals surface area contributed by atoms with Crippen LogP contribution in [0.3, 0.4) is 0 Å². The predicted molar refractivity (Wildman–Crippen MR) is 75.5 cm³/mol. The molecule has 18 heavy (non-hydrogen) atoms. The molecule has 0 amide bonds. The summed E-state index contributed by atoms with van der Waals surface area (Å²) in [5.74, 6) is 0.658. The highest BCUT2D eigenvalue weighted by Crippen LogP contribution is 2.43. The number of hydrogen-bond acceptors (Lipinski definition) is 3. The fourth-order valence-electron chi connectivity index (χ4n) is 3.05. The van der Waals surface area contributed by atoms with Crippen molar-refractivity contribution in [2.45, 2.75) is 50.2 Å². The van der Waals surface area contributed by atoms with Crippen molar-refractivity contribution in [3.05, 3.63) is 22.6 Å². The van der Waals surface area contributed by atoms with Crippen LogP contribution in [-0.4, -0.2) is 29.6 Å². The summed E-state index contributed by atoms with van der Waals surface area (Å²) in [5.41, 5.74) is -0.198. The standard InChI is InChI=1S/C14H22BrNO2/c1-16(2)14(8-5-3-4-6-9-14)13(17)12-11(15)7-10-18-12/h7,10,13,17H,3-6,8-9H2,1-2H3. The smallest absolute Gasteiger partial charge is 0.148 e. The average molecular weight is 316 g/mol. The molecule has 102 valence electrons. The van der Waals surface area contributed by atoms with Crippen LogP contribution in [0.1, 0.15) is 50.4 Å². The van der Waals surface area contributed by atoms with Crippen molar-refractivity contribution in [3.8, 4) is 0 Å². The largest absolute Gasteiger partial charge is 0.465 e. The number of nitrogens with zero attached hydrogens (tertiary/aromatic N) is 1. The normalized spacial score (nSPS) is 21.8. The number of likely N-dealkylation sites (N-methyl/N-ethyl adjacent to an activating group) is 1. The highest BCUT2D eigenvalue weighted by Gasteiger charge is 2.43. The summed E-state index contributed by atoms with van der Waals surface area (Å²) < 4.78 is 6.33. The summed E-state index contributed by atoms with van der Waals surface area (Å²) in [6.45, 7) is 0. The van der Waals surface area contributed by atoms with E-state index < -0.39 is 6.10 Å². The van der Waals surface area contributed by atoms with Crippen molar-refractivity contribution in [3.63, 3.8) is 0 Å². The zero-order chi connectivity index (χ0) is 13.2. The van der Waals surface area contributed by atoms with Crippen molar-refractivity contribution >= 4 is 15.9 Å². The summed E-state index contributed by atoms with van der Waals surface area (Å²) >= 11 is 3.45. The maximum atomic E-state index is 10.8. The van der Waals surface area contributed by atoms with Gasteiger partial charge >= 0.3 is 0 Å². The SMILES string of the molecule is CN(C)C1(C(O)c2occc2Br)CCCCCC1. The summed E-state index contributed by atoms with van der Waals surface area (Å²) in [6, 6.07) is 1.85. The van der Waals surface area contributed by atoms with E-state index in [2.05, 4.69) is 34.9 Å². The molecule has 0 spiro atoms. The first-order valence-corrected chi connectivity index (χ1v) is 7.45. The zero-order valence-electron chi connectivity index (χ0n) is 11.2. The minimum atomic E-state index is -0.574. The number of hydrogen-bond donors (Lipinski definition) is 1. The third-order valence-corrected chi connectivity index (χ3v) is 4.92. The first-order valence-electron chi connectivity index (χ1n) is 6.66. The van der Waals surface area contributed by atoms with Gasteiger partial charge in [-0.1, -0.05) is 25.7 Å². The Labute approximate surface area is 117 Å². The lowest BCUT2D eigenvalue weighted by atomic mass is 9.82. The van der Waals surface area contributed by atoms with Crippen LogP contribution >= 0.6 is 15.9 Å². The number of halogens is 1. The first kappa shape index (κ1) is 14.1. The molecule has 1 atom stereocenters. The van der Waals surface area contributed by atoms with E-state index in [1.54, 1.807) is 6.26 Å². The Bertz CT molecular complexity index is 381. The van der Waals surface area contributed by atoms with Crippen LogP contribution in [0.2, 0.25) is 0 Å². The van der Waals surface area contributed by atoms with E-state index in [0.717, 1.165) is 17.3 Å². The predicted octanol–water partition coefficient (Wildman–Crippen LogP) is 3.73. The van der Waals surface area contributed by atoms with Gasteiger partial charge in [-0.15, -0.1) is 0 Å². The topological polar surface area (TPSA) is 36.6 Å². The number of rotatable bonds is 3. The fraction of sp³-hybridized carbons (Fsp3) is 0.714. The van der Waals surface area contributed by atoms with Crippen molar-refractivity contribution in [1.29, 1.82) is 0 Å². The lowest BCUT2D eigenvalue weighted by molar-refractivity contribution is -0.0317. The minimum Gasteiger partial charge on any atom is -0.465 e. The van der Waals surface area contributed by atoms with Crippen LogP contribution in [0.5, 0.6) is 0 Å². The first-order chi connectivity index (χ1) is 8.58. The third-order valence-electron chi connectivity index (χ3n) is 4.26. The van der Waals surface area contributed by atoms with E-state index >= 15 is 0 Å². The monoisotopic (exact) mass is 315 g/mol. The molecule has 1 aliphatic carbocycles. The lowest BCUT2D eigenvalue weighted by Crippen LogP contribution is -2.49. The highest BCUT2D eigenvalue weighted by molar-refractivity contribution is 9.10. The Morgan fingerprint density at radius 3 is 2.33 bits per heavy atom. The van der Waals surface area contributed by atoms with E-state index in [1.807, 2.05) is 6.07 Å². The van der Waals surface area contributed by atoms with Gasteiger partial charge in [0, 0.05) is 0 Å². The number of aliphatic hydroxyl groups excluding tert-OH is 1. The van der Waals surface area contributed by atoms with Crippen LogP contribution in [0.4, 0.5) is 0 Å². The molecular weight excluding hydrogens is 294 g/mol. The van der Waals surface area contributed by atoms with Gasteiger partial charge < -0.3 is 14.4 Å². The molecule has 2 rings (SSSR count). The van der Waals surface area contributed by atoms with Gasteiger partial charge in [-0.3, -0.25) is 0 Å². The Morgan fingerprint density at radius 1 is 1.28 bits per heavy atom. The second kappa shape index (κ2) is 5.76. The zero-order valence-corrected chi connectivity index (χ0v) is 12.7. The van der Waals surface area contributed by atoms with Crippen molar-refractivity contribution in [1.82, 2.24) is 4.90 Å². The Hall–Kier alpha value is -0.320. The van der Waals surface area contributed by atoms with Crippen LogP contribution < -0.4 is 0 Å². The Morgan fingerprint density at radius 2 is 1.89 bits per heavy atom. The second-order valence-corrected chi connectivity index (χ2v) is 6.30. The van der Waals surface area contributed by atoms with Gasteiger partial charge in [-0.25, -0.2) is 0 Å². The van der Waals surface area contributed by atoms with Gasteiger partial charge in [0.05, 0.1) is 16.3 Å². The number of aliphatic hydroxyl groups is 1. The molecular formula is C14H22BrNO2. The van der Waals surface area contributed by atoms with Crippen molar-refractivity contribution in [2.24, 2.45) is 0 Å². The van der Waals surface area contributed by atoms with Gasteiger partial charge in [0.25, 0.3) is 0 Å². The molecule has 4 heteroatoms. The Balaban J connectivity index is 2.31. The van der Waals surface area contributed by atoms with E-state index in [4.69, 9.17) is 4.42 Å². The minimum absolute atomic E-state index is 0.198. The number of furan rings is 1. The molecule has 0 radical (unpaired) electrons. The van der Waals surface area contributed by atoms with Gasteiger partial charge in [0.1, 0.15) is 11.9 Å². The van der Waals surface area contributed by atoms with Gasteiger partial charge in [0.15, 0.2) is 0 Å². The molecule has 0 aliphatic heterocycles. The third kappa shape index (κ3) is 2.51. The van der Waals surface area contributed by atoms with Crippen molar-refractivity contribution in [2.75, 3.05) is 14.1 Å². The molecule has 0 bridgehead atoms. The molecule has 1 aromatic rings. The van der Waals surface area contributed by atoms with Gasteiger partial charge in [-0.2, -0.15) is 0 Å².